The van der Waals surface area contributed by atoms with Crippen LogP contribution in [0.15, 0.2) is 83.1 Å². The van der Waals surface area contributed by atoms with Crippen LogP contribution in [0.4, 0.5) is 4.79 Å². The predicted octanol–water partition coefficient (Wildman–Crippen LogP) is 6.39. The maximum atomic E-state index is 12.5. The highest BCUT2D eigenvalue weighted by Gasteiger charge is 2.20. The maximum absolute atomic E-state index is 12.5. The Labute approximate surface area is 241 Å². The largest absolute Gasteiger partial charge is 0.458 e. The molecule has 4 N–H and O–H groups in total. The first kappa shape index (κ1) is 35.6. The van der Waals surface area contributed by atoms with Gasteiger partial charge in [-0.25, -0.2) is 9.59 Å². The topological polar surface area (TPSA) is 119 Å². The summed E-state index contributed by atoms with van der Waals surface area (Å²) in [5.74, 6) is -0.409. The Bertz CT molecular complexity index is 889. The van der Waals surface area contributed by atoms with Crippen molar-refractivity contribution in [3.8, 4) is 0 Å². The summed E-state index contributed by atoms with van der Waals surface area (Å²) in [4.78, 5) is 23.5. The molecule has 0 aliphatic carbocycles. The van der Waals surface area contributed by atoms with E-state index in [0.29, 0.717) is 32.1 Å². The molecule has 0 heterocycles. The number of unbranched alkanes of at least 4 members (excludes halogenated alkanes) is 1. The SMILES string of the molecule is C=C[C@@H](O)[C@@H](CC/C=C/C=C(\C)C[C@@H](OC(=O)/C=C/CCC[C@@H](O)C=C)[C@H](C)/C=C(C)/C=C/I)OC(N)=O. The fourth-order valence-electron chi connectivity index (χ4n) is 3.52. The van der Waals surface area contributed by atoms with Gasteiger partial charge in [0.2, 0.25) is 0 Å². The van der Waals surface area contributed by atoms with Gasteiger partial charge in [-0.15, -0.1) is 13.2 Å². The average Bonchev–Trinajstić information content (AvgIpc) is 2.86. The molecule has 0 unspecified atom stereocenters. The number of primary amides is 1. The molecule has 0 fully saturated rings. The standard InChI is InChI=1S/C30H44INO6/c1-6-25(33)15-11-9-13-17-29(35)37-28(24(5)20-23(4)18-19-31)21-22(3)14-10-8-12-16-27(26(34)7-2)38-30(32)36/h6-8,10,13-14,17-20,24-28,33-34H,1-2,9,11-12,15-16,21H2,3-5H3,(H2,32,36)/b10-8+,17-13+,19-18+,22-14+,23-20+/t24-,25+,26-,27-,28-/m1/s1. The molecular weight excluding hydrogens is 597 g/mol. The zero-order valence-electron chi connectivity index (χ0n) is 22.8. The normalized spacial score (nSPS) is 16.8. The van der Waals surface area contributed by atoms with Crippen molar-refractivity contribution in [2.75, 3.05) is 0 Å². The van der Waals surface area contributed by atoms with Crippen molar-refractivity contribution in [1.29, 1.82) is 0 Å². The van der Waals surface area contributed by atoms with Gasteiger partial charge in [0.25, 0.3) is 0 Å². The fraction of sp³-hybridized carbons (Fsp3) is 0.467. The van der Waals surface area contributed by atoms with E-state index in [0.717, 1.165) is 17.6 Å². The highest BCUT2D eigenvalue weighted by Crippen LogP contribution is 2.21. The summed E-state index contributed by atoms with van der Waals surface area (Å²) in [6.07, 6.45) is 15.8. The number of carbonyl (C=O) groups excluding carboxylic acids is 2. The van der Waals surface area contributed by atoms with Gasteiger partial charge < -0.3 is 25.4 Å². The van der Waals surface area contributed by atoms with Crippen LogP contribution in [0.5, 0.6) is 0 Å². The third-order valence-electron chi connectivity index (χ3n) is 5.65. The second-order valence-corrected chi connectivity index (χ2v) is 9.82. The van der Waals surface area contributed by atoms with Crippen LogP contribution in [0.3, 0.4) is 0 Å². The summed E-state index contributed by atoms with van der Waals surface area (Å²) in [6, 6.07) is 0. The first-order chi connectivity index (χ1) is 18.0. The lowest BCUT2D eigenvalue weighted by atomic mass is 9.95. The number of hydrogen-bond acceptors (Lipinski definition) is 6. The van der Waals surface area contributed by atoms with E-state index >= 15 is 0 Å². The highest BCUT2D eigenvalue weighted by molar-refractivity contribution is 14.1. The van der Waals surface area contributed by atoms with E-state index in [2.05, 4.69) is 41.8 Å². The first-order valence-electron chi connectivity index (χ1n) is 12.8. The number of allylic oxidation sites excluding steroid dienone is 6. The summed E-state index contributed by atoms with van der Waals surface area (Å²) in [5.41, 5.74) is 7.18. The molecule has 0 aromatic rings. The number of aliphatic hydroxyl groups excluding tert-OH is 2. The Morgan fingerprint density at radius 3 is 2.32 bits per heavy atom. The van der Waals surface area contributed by atoms with Crippen LogP contribution in [0, 0.1) is 5.92 Å². The molecule has 0 aromatic carbocycles. The smallest absolute Gasteiger partial charge is 0.404 e. The fourth-order valence-corrected chi connectivity index (χ4v) is 4.08. The summed E-state index contributed by atoms with van der Waals surface area (Å²) in [6.45, 7) is 13.1. The number of amides is 1. The molecule has 5 atom stereocenters. The number of ether oxygens (including phenoxy) is 2. The zero-order chi connectivity index (χ0) is 28.9. The number of aliphatic hydroxyl groups is 2. The number of carbonyl (C=O) groups is 2. The maximum Gasteiger partial charge on any atom is 0.404 e. The van der Waals surface area contributed by atoms with E-state index < -0.39 is 30.4 Å². The minimum Gasteiger partial charge on any atom is -0.458 e. The van der Waals surface area contributed by atoms with Gasteiger partial charge in [0.15, 0.2) is 0 Å². The number of rotatable bonds is 19. The third-order valence-corrected chi connectivity index (χ3v) is 6.01. The van der Waals surface area contributed by atoms with Gasteiger partial charge in [-0.1, -0.05) is 89.3 Å². The van der Waals surface area contributed by atoms with Gasteiger partial charge in [0.1, 0.15) is 18.3 Å². The molecule has 0 saturated heterocycles. The van der Waals surface area contributed by atoms with E-state index in [9.17, 15) is 19.8 Å². The quantitative estimate of drug-likeness (QED) is 0.0376. The van der Waals surface area contributed by atoms with Gasteiger partial charge in [-0.3, -0.25) is 0 Å². The van der Waals surface area contributed by atoms with E-state index in [1.165, 1.54) is 18.2 Å². The Morgan fingerprint density at radius 2 is 1.71 bits per heavy atom. The van der Waals surface area contributed by atoms with Gasteiger partial charge in [-0.2, -0.15) is 0 Å². The lowest BCUT2D eigenvalue weighted by Crippen LogP contribution is -2.32. The molecule has 0 bridgehead atoms. The van der Waals surface area contributed by atoms with Crippen LogP contribution in [0.25, 0.3) is 0 Å². The summed E-state index contributed by atoms with van der Waals surface area (Å²) < 4.78 is 12.7. The second kappa shape index (κ2) is 21.5. The molecule has 8 heteroatoms. The monoisotopic (exact) mass is 641 g/mol. The Kier molecular flexibility index (Phi) is 20.1. The van der Waals surface area contributed by atoms with Crippen LogP contribution in [0.2, 0.25) is 0 Å². The van der Waals surface area contributed by atoms with E-state index in [1.807, 2.05) is 49.2 Å². The Morgan fingerprint density at radius 1 is 1.00 bits per heavy atom. The molecule has 7 nitrogen and oxygen atoms in total. The number of hydrogen-bond donors (Lipinski definition) is 3. The van der Waals surface area contributed by atoms with Crippen molar-refractivity contribution in [1.82, 2.24) is 0 Å². The molecule has 0 aliphatic rings. The minimum atomic E-state index is -0.989. The van der Waals surface area contributed by atoms with E-state index in [-0.39, 0.29) is 12.0 Å². The highest BCUT2D eigenvalue weighted by atomic mass is 127. The third kappa shape index (κ3) is 17.9. The summed E-state index contributed by atoms with van der Waals surface area (Å²) in [7, 11) is 0. The van der Waals surface area contributed by atoms with Crippen LogP contribution >= 0.6 is 22.6 Å². The molecule has 0 aromatic heterocycles. The van der Waals surface area contributed by atoms with E-state index in [1.54, 1.807) is 6.08 Å². The molecule has 38 heavy (non-hydrogen) atoms. The number of esters is 1. The molecule has 0 rings (SSSR count). The van der Waals surface area contributed by atoms with Gasteiger partial charge in [0.05, 0.1) is 6.10 Å². The zero-order valence-corrected chi connectivity index (χ0v) is 25.0. The Hall–Kier alpha value is -2.43. The predicted molar refractivity (Wildman–Crippen MR) is 163 cm³/mol. The van der Waals surface area contributed by atoms with Gasteiger partial charge in [-0.05, 0) is 50.0 Å². The molecule has 0 radical (unpaired) electrons. The van der Waals surface area contributed by atoms with Crippen LogP contribution in [-0.4, -0.2) is 46.7 Å². The number of nitrogens with two attached hydrogens (primary N) is 1. The Balaban J connectivity index is 5.20. The van der Waals surface area contributed by atoms with Crippen molar-refractivity contribution >= 4 is 34.7 Å². The van der Waals surface area contributed by atoms with E-state index in [4.69, 9.17) is 15.2 Å². The first-order valence-corrected chi connectivity index (χ1v) is 14.0. The molecule has 0 saturated carbocycles. The van der Waals surface area contributed by atoms with Crippen molar-refractivity contribution < 1.29 is 29.3 Å². The van der Waals surface area contributed by atoms with Gasteiger partial charge >= 0.3 is 12.1 Å². The van der Waals surface area contributed by atoms with Crippen molar-refractivity contribution in [2.24, 2.45) is 11.7 Å². The molecule has 0 spiro atoms. The number of halogens is 1. The molecular formula is C30H44INO6. The van der Waals surface area contributed by atoms with Crippen molar-refractivity contribution in [2.45, 2.75) is 83.7 Å². The minimum absolute atomic E-state index is 0.0119. The van der Waals surface area contributed by atoms with Crippen molar-refractivity contribution in [3.63, 3.8) is 0 Å². The van der Waals surface area contributed by atoms with Crippen LogP contribution in [0.1, 0.15) is 59.3 Å². The molecule has 0 aliphatic heterocycles. The van der Waals surface area contributed by atoms with Crippen molar-refractivity contribution in [3.05, 3.63) is 83.1 Å². The summed E-state index contributed by atoms with van der Waals surface area (Å²) in [5, 5.41) is 19.4. The van der Waals surface area contributed by atoms with Crippen LogP contribution in [-0.2, 0) is 14.3 Å². The lowest BCUT2D eigenvalue weighted by Gasteiger charge is -2.22. The van der Waals surface area contributed by atoms with Crippen LogP contribution < -0.4 is 5.73 Å². The summed E-state index contributed by atoms with van der Waals surface area (Å²) >= 11 is 2.17. The molecule has 212 valence electrons. The lowest BCUT2D eigenvalue weighted by molar-refractivity contribution is -0.144. The molecule has 1 amide bonds. The van der Waals surface area contributed by atoms with Gasteiger partial charge in [0, 0.05) is 18.4 Å². The average molecular weight is 642 g/mol. The second-order valence-electron chi connectivity index (χ2n) is 9.10.